The lowest BCUT2D eigenvalue weighted by Crippen LogP contribution is -2.19. The molecule has 0 spiro atoms. The molecule has 1 saturated carbocycles. The summed E-state index contributed by atoms with van der Waals surface area (Å²) >= 11 is 0. The Hall–Kier alpha value is -1.44. The van der Waals surface area contributed by atoms with Crippen LogP contribution in [0.3, 0.4) is 0 Å². The zero-order chi connectivity index (χ0) is 13.0. The first-order chi connectivity index (χ1) is 8.66. The van der Waals surface area contributed by atoms with E-state index in [2.05, 4.69) is 0 Å². The van der Waals surface area contributed by atoms with E-state index in [0.29, 0.717) is 17.8 Å². The fourth-order valence-electron chi connectivity index (χ4n) is 2.63. The zero-order valence-electron chi connectivity index (χ0n) is 10.9. The van der Waals surface area contributed by atoms with Crippen LogP contribution in [0.4, 0.5) is 0 Å². The van der Waals surface area contributed by atoms with E-state index in [4.69, 9.17) is 0 Å². The van der Waals surface area contributed by atoms with Gasteiger partial charge < -0.3 is 0 Å². The summed E-state index contributed by atoms with van der Waals surface area (Å²) in [5, 5.41) is 0. The van der Waals surface area contributed by atoms with Crippen LogP contribution in [0.2, 0.25) is 0 Å². The molecule has 0 N–H and O–H groups in total. The van der Waals surface area contributed by atoms with Crippen LogP contribution < -0.4 is 0 Å². The maximum absolute atomic E-state index is 12.1. The highest BCUT2D eigenvalue weighted by Gasteiger charge is 2.20. The second-order valence-corrected chi connectivity index (χ2v) is 5.23. The van der Waals surface area contributed by atoms with E-state index < -0.39 is 0 Å². The predicted molar refractivity (Wildman–Crippen MR) is 71.7 cm³/mol. The van der Waals surface area contributed by atoms with Gasteiger partial charge in [-0.3, -0.25) is 9.59 Å². The quantitative estimate of drug-likeness (QED) is 0.759. The highest BCUT2D eigenvalue weighted by molar-refractivity contribution is 5.94. The number of carbonyl (C=O) groups excluding carboxylic acids is 2. The normalized spacial score (nSPS) is 16.5. The van der Waals surface area contributed by atoms with E-state index in [9.17, 15) is 9.59 Å². The highest BCUT2D eigenvalue weighted by Crippen LogP contribution is 2.25. The van der Waals surface area contributed by atoms with Crippen molar-refractivity contribution < 1.29 is 9.59 Å². The van der Waals surface area contributed by atoms with Gasteiger partial charge in [0.05, 0.1) is 0 Å². The topological polar surface area (TPSA) is 34.1 Å². The third kappa shape index (κ3) is 3.28. The summed E-state index contributed by atoms with van der Waals surface area (Å²) in [4.78, 5) is 23.3. The Bertz CT molecular complexity index is 425. The van der Waals surface area contributed by atoms with E-state index in [-0.39, 0.29) is 11.7 Å². The van der Waals surface area contributed by atoms with Crippen molar-refractivity contribution in [2.75, 3.05) is 0 Å². The lowest BCUT2D eigenvalue weighted by molar-refractivity contribution is -0.123. The van der Waals surface area contributed by atoms with Gasteiger partial charge in [-0.25, -0.2) is 0 Å². The monoisotopic (exact) mass is 244 g/mol. The van der Waals surface area contributed by atoms with Crippen molar-refractivity contribution in [1.82, 2.24) is 0 Å². The molecular formula is C16H20O2. The predicted octanol–water partition coefficient (Wildman–Crippen LogP) is 3.58. The van der Waals surface area contributed by atoms with Crippen molar-refractivity contribution in [3.8, 4) is 0 Å². The Morgan fingerprint density at radius 3 is 2.22 bits per heavy atom. The minimum atomic E-state index is 0.0696. The molecule has 1 aromatic carbocycles. The van der Waals surface area contributed by atoms with Crippen molar-refractivity contribution in [2.24, 2.45) is 5.92 Å². The molecule has 0 atom stereocenters. The average Bonchev–Trinajstić information content (AvgIpc) is 2.40. The standard InChI is InChI=1S/C16H20O2/c1-12(17)14-9-7-13(8-10-14)11-16(18)15-5-3-2-4-6-15/h7-10,15H,2-6,11H2,1H3. The van der Waals surface area contributed by atoms with Gasteiger partial charge in [-0.1, -0.05) is 43.5 Å². The Morgan fingerprint density at radius 2 is 1.67 bits per heavy atom. The first kappa shape index (κ1) is 13.0. The lowest BCUT2D eigenvalue weighted by Gasteiger charge is -2.20. The van der Waals surface area contributed by atoms with Crippen LogP contribution in [0.1, 0.15) is 54.9 Å². The maximum atomic E-state index is 12.1. The van der Waals surface area contributed by atoms with Crippen LogP contribution in [0.15, 0.2) is 24.3 Å². The molecule has 0 unspecified atom stereocenters. The van der Waals surface area contributed by atoms with Gasteiger partial charge >= 0.3 is 0 Å². The molecule has 1 aliphatic carbocycles. The maximum Gasteiger partial charge on any atom is 0.159 e. The summed E-state index contributed by atoms with van der Waals surface area (Å²) < 4.78 is 0. The molecule has 0 bridgehead atoms. The molecule has 1 aliphatic rings. The van der Waals surface area contributed by atoms with E-state index >= 15 is 0 Å². The summed E-state index contributed by atoms with van der Waals surface area (Å²) in [7, 11) is 0. The van der Waals surface area contributed by atoms with Crippen molar-refractivity contribution in [3.05, 3.63) is 35.4 Å². The third-order valence-corrected chi connectivity index (χ3v) is 3.80. The number of rotatable bonds is 4. The molecule has 0 heterocycles. The summed E-state index contributed by atoms with van der Waals surface area (Å²) in [6.45, 7) is 1.56. The SMILES string of the molecule is CC(=O)c1ccc(CC(=O)C2CCCCC2)cc1. The summed E-state index contributed by atoms with van der Waals surface area (Å²) in [5.74, 6) is 0.705. The molecule has 0 aliphatic heterocycles. The summed E-state index contributed by atoms with van der Waals surface area (Å²) in [6, 6.07) is 7.42. The average molecular weight is 244 g/mol. The van der Waals surface area contributed by atoms with Crippen LogP contribution in [-0.2, 0) is 11.2 Å². The van der Waals surface area contributed by atoms with Crippen LogP contribution >= 0.6 is 0 Å². The minimum Gasteiger partial charge on any atom is -0.299 e. The van der Waals surface area contributed by atoms with Crippen molar-refractivity contribution in [3.63, 3.8) is 0 Å². The van der Waals surface area contributed by atoms with E-state index in [1.807, 2.05) is 24.3 Å². The zero-order valence-corrected chi connectivity index (χ0v) is 10.9. The molecule has 96 valence electrons. The van der Waals surface area contributed by atoms with E-state index in [1.54, 1.807) is 6.92 Å². The van der Waals surface area contributed by atoms with Crippen molar-refractivity contribution >= 4 is 11.6 Å². The largest absolute Gasteiger partial charge is 0.299 e. The molecule has 1 fully saturated rings. The number of carbonyl (C=O) groups is 2. The fourth-order valence-corrected chi connectivity index (χ4v) is 2.63. The molecule has 0 saturated heterocycles. The van der Waals surface area contributed by atoms with Crippen LogP contribution in [0.25, 0.3) is 0 Å². The van der Waals surface area contributed by atoms with Gasteiger partial charge in [-0.15, -0.1) is 0 Å². The molecule has 18 heavy (non-hydrogen) atoms. The van der Waals surface area contributed by atoms with Crippen molar-refractivity contribution in [1.29, 1.82) is 0 Å². The smallest absolute Gasteiger partial charge is 0.159 e. The molecule has 2 nitrogen and oxygen atoms in total. The first-order valence-corrected chi connectivity index (χ1v) is 6.79. The van der Waals surface area contributed by atoms with Gasteiger partial charge in [0.1, 0.15) is 5.78 Å². The summed E-state index contributed by atoms with van der Waals surface area (Å²) in [5.41, 5.74) is 1.74. The second kappa shape index (κ2) is 5.94. The van der Waals surface area contributed by atoms with Gasteiger partial charge in [0, 0.05) is 17.9 Å². The Balaban J connectivity index is 1.96. The fraction of sp³-hybridized carbons (Fsp3) is 0.500. The minimum absolute atomic E-state index is 0.0696. The number of hydrogen-bond donors (Lipinski definition) is 0. The number of hydrogen-bond acceptors (Lipinski definition) is 2. The molecule has 2 rings (SSSR count). The van der Waals surface area contributed by atoms with Crippen LogP contribution in [-0.4, -0.2) is 11.6 Å². The highest BCUT2D eigenvalue weighted by atomic mass is 16.1. The van der Waals surface area contributed by atoms with Crippen molar-refractivity contribution in [2.45, 2.75) is 45.4 Å². The van der Waals surface area contributed by atoms with Gasteiger partial charge in [-0.2, -0.15) is 0 Å². The molecular weight excluding hydrogens is 224 g/mol. The summed E-state index contributed by atoms with van der Waals surface area (Å²) in [6.07, 6.45) is 6.30. The number of benzene rings is 1. The number of Topliss-reactive ketones (excluding diaryl/α,β-unsaturated/α-hetero) is 2. The Morgan fingerprint density at radius 1 is 1.06 bits per heavy atom. The Labute approximate surface area is 108 Å². The second-order valence-electron chi connectivity index (χ2n) is 5.23. The van der Waals surface area contributed by atoms with Gasteiger partial charge in [0.2, 0.25) is 0 Å². The molecule has 1 aromatic rings. The molecule has 0 radical (unpaired) electrons. The lowest BCUT2D eigenvalue weighted by atomic mass is 9.84. The van der Waals surface area contributed by atoms with Crippen LogP contribution in [0.5, 0.6) is 0 Å². The molecule has 2 heteroatoms. The van der Waals surface area contributed by atoms with E-state index in [1.165, 1.54) is 19.3 Å². The molecule has 0 amide bonds. The van der Waals surface area contributed by atoms with Crippen LogP contribution in [0, 0.1) is 5.92 Å². The van der Waals surface area contributed by atoms with Gasteiger partial charge in [0.25, 0.3) is 0 Å². The molecule has 0 aromatic heterocycles. The third-order valence-electron chi connectivity index (χ3n) is 3.80. The Kier molecular flexibility index (Phi) is 4.29. The van der Waals surface area contributed by atoms with E-state index in [0.717, 1.165) is 18.4 Å². The number of ketones is 2. The first-order valence-electron chi connectivity index (χ1n) is 6.79. The van der Waals surface area contributed by atoms with Gasteiger partial charge in [0.15, 0.2) is 5.78 Å². The van der Waals surface area contributed by atoms with Gasteiger partial charge in [-0.05, 0) is 25.3 Å².